The lowest BCUT2D eigenvalue weighted by Crippen LogP contribution is -2.30. The van der Waals surface area contributed by atoms with Gasteiger partial charge in [0.15, 0.2) is 12.6 Å². The number of likely N-dealkylation sites (tertiary alicyclic amines) is 1. The van der Waals surface area contributed by atoms with E-state index in [2.05, 4.69) is 0 Å². The van der Waals surface area contributed by atoms with Gasteiger partial charge in [0.2, 0.25) is 0 Å². The zero-order valence-electron chi connectivity index (χ0n) is 11.1. The van der Waals surface area contributed by atoms with Crippen LogP contribution in [-0.2, 0) is 9.53 Å². The second-order valence-corrected chi connectivity index (χ2v) is 5.28. The summed E-state index contributed by atoms with van der Waals surface area (Å²) in [6, 6.07) is 2.40. The lowest BCUT2D eigenvalue weighted by atomic mass is 10.0. The fraction of sp³-hybridized carbons (Fsp3) is 0.385. The van der Waals surface area contributed by atoms with Crippen LogP contribution < -0.4 is 4.74 Å². The highest BCUT2D eigenvalue weighted by atomic mass is 35.5. The molecule has 1 unspecified atom stereocenters. The molecule has 0 radical (unpaired) electrons. The second-order valence-electron chi connectivity index (χ2n) is 4.49. The Balaban J connectivity index is 2.47. The molecule has 0 saturated carbocycles. The summed E-state index contributed by atoms with van der Waals surface area (Å²) < 4.78 is 10.2. The number of methoxy groups -OCH3 is 1. The van der Waals surface area contributed by atoms with Crippen molar-refractivity contribution in [3.8, 4) is 5.75 Å². The van der Waals surface area contributed by atoms with Crippen LogP contribution in [-0.4, -0.2) is 42.3 Å². The molecule has 21 heavy (non-hydrogen) atoms. The van der Waals surface area contributed by atoms with Crippen molar-refractivity contribution in [3.63, 3.8) is 0 Å². The third kappa shape index (κ3) is 3.23. The molecule has 0 aliphatic carbocycles. The van der Waals surface area contributed by atoms with Crippen LogP contribution >= 0.6 is 23.2 Å². The summed E-state index contributed by atoms with van der Waals surface area (Å²) in [5, 5.41) is 9.66. The monoisotopic (exact) mass is 333 g/mol. The summed E-state index contributed by atoms with van der Waals surface area (Å²) in [6.07, 6.45) is -1.16. The minimum absolute atomic E-state index is 0.0291. The van der Waals surface area contributed by atoms with Gasteiger partial charge in [-0.15, -0.1) is 0 Å². The number of benzene rings is 1. The van der Waals surface area contributed by atoms with Crippen molar-refractivity contribution in [2.24, 2.45) is 0 Å². The molecular formula is C13H13Cl2NO5. The summed E-state index contributed by atoms with van der Waals surface area (Å²) in [5.41, 5.74) is 0.384. The Labute approximate surface area is 131 Å². The van der Waals surface area contributed by atoms with Gasteiger partial charge in [-0.25, -0.2) is 4.79 Å². The van der Waals surface area contributed by atoms with Gasteiger partial charge < -0.3 is 14.6 Å². The number of ether oxygens (including phenoxy) is 2. The minimum atomic E-state index is -1.19. The van der Waals surface area contributed by atoms with Gasteiger partial charge in [0.05, 0.1) is 22.6 Å². The van der Waals surface area contributed by atoms with Crippen LogP contribution in [0.2, 0.25) is 10.0 Å². The van der Waals surface area contributed by atoms with E-state index in [1.807, 2.05) is 0 Å². The summed E-state index contributed by atoms with van der Waals surface area (Å²) in [5.74, 6) is 0.160. The highest BCUT2D eigenvalue weighted by Gasteiger charge is 2.38. The Hall–Kier alpha value is -1.50. The highest BCUT2D eigenvalue weighted by Crippen LogP contribution is 2.43. The number of hydrogen-bond acceptors (Lipinski definition) is 4. The van der Waals surface area contributed by atoms with Crippen molar-refractivity contribution in [1.29, 1.82) is 0 Å². The quantitative estimate of drug-likeness (QED) is 0.857. The number of hydrogen-bond donors (Lipinski definition) is 1. The van der Waals surface area contributed by atoms with Gasteiger partial charge in [-0.05, 0) is 12.1 Å². The molecule has 1 aliphatic heterocycles. The number of carbonyl (C=O) groups excluding carboxylic acids is 1. The van der Waals surface area contributed by atoms with Gasteiger partial charge in [0, 0.05) is 19.1 Å². The molecule has 1 N–H and O–H groups in total. The Morgan fingerprint density at radius 3 is 2.81 bits per heavy atom. The van der Waals surface area contributed by atoms with Gasteiger partial charge in [-0.3, -0.25) is 9.69 Å². The molecule has 6 nitrogen and oxygen atoms in total. The van der Waals surface area contributed by atoms with E-state index in [-0.39, 0.29) is 35.6 Å². The van der Waals surface area contributed by atoms with E-state index in [4.69, 9.17) is 32.7 Å². The van der Waals surface area contributed by atoms with Crippen LogP contribution in [0.25, 0.3) is 0 Å². The summed E-state index contributed by atoms with van der Waals surface area (Å²) in [7, 11) is 1.46. The van der Waals surface area contributed by atoms with Crippen molar-refractivity contribution in [2.75, 3.05) is 20.4 Å². The number of ketones is 1. The van der Waals surface area contributed by atoms with Crippen molar-refractivity contribution in [3.05, 3.63) is 27.7 Å². The van der Waals surface area contributed by atoms with Gasteiger partial charge in [-0.2, -0.15) is 0 Å². The summed E-state index contributed by atoms with van der Waals surface area (Å²) in [4.78, 5) is 23.9. The van der Waals surface area contributed by atoms with E-state index in [1.54, 1.807) is 12.1 Å². The molecule has 114 valence electrons. The van der Waals surface area contributed by atoms with Gasteiger partial charge in [0.1, 0.15) is 5.75 Å². The number of amides is 1. The smallest absolute Gasteiger partial charge is 0.408 e. The molecule has 1 amide bonds. The van der Waals surface area contributed by atoms with Crippen LogP contribution in [0.5, 0.6) is 5.75 Å². The van der Waals surface area contributed by atoms with Gasteiger partial charge >= 0.3 is 6.09 Å². The standard InChI is InChI=1S/C13H13Cl2NO5/c1-20-6-21-10-3-2-8(14)12(15)11(10)9-4-7(17)5-16(9)13(18)19/h2-3,9H,4-6H2,1H3,(H,18,19). The average molecular weight is 334 g/mol. The van der Waals surface area contributed by atoms with E-state index in [1.165, 1.54) is 7.11 Å². The number of nitrogens with zero attached hydrogens (tertiary/aromatic N) is 1. The number of halogens is 2. The van der Waals surface area contributed by atoms with Crippen LogP contribution in [0, 0.1) is 0 Å². The number of rotatable bonds is 4. The summed E-state index contributed by atoms with van der Waals surface area (Å²) in [6.45, 7) is -0.203. The third-order valence-corrected chi connectivity index (χ3v) is 3.97. The normalized spacial score (nSPS) is 18.1. The molecule has 0 bridgehead atoms. The molecule has 1 aromatic rings. The van der Waals surface area contributed by atoms with E-state index >= 15 is 0 Å². The minimum Gasteiger partial charge on any atom is -0.467 e. The molecule has 1 atom stereocenters. The first-order chi connectivity index (χ1) is 9.95. The number of carboxylic acid groups (broad SMARTS) is 1. The van der Waals surface area contributed by atoms with Crippen molar-refractivity contribution in [2.45, 2.75) is 12.5 Å². The second kappa shape index (κ2) is 6.51. The van der Waals surface area contributed by atoms with E-state index in [9.17, 15) is 14.7 Å². The van der Waals surface area contributed by atoms with Crippen molar-refractivity contribution in [1.82, 2.24) is 4.90 Å². The SMILES string of the molecule is COCOc1ccc(Cl)c(Cl)c1C1CC(=O)CN1C(=O)O. The van der Waals surface area contributed by atoms with Gasteiger partial charge in [0.25, 0.3) is 0 Å². The Morgan fingerprint density at radius 2 is 2.19 bits per heavy atom. The number of Topliss-reactive ketones (excluding diaryl/α,β-unsaturated/α-hetero) is 1. The first-order valence-corrected chi connectivity index (χ1v) is 6.82. The van der Waals surface area contributed by atoms with Crippen LogP contribution in [0.4, 0.5) is 4.79 Å². The Morgan fingerprint density at radius 1 is 1.48 bits per heavy atom. The van der Waals surface area contributed by atoms with E-state index in [0.717, 1.165) is 4.90 Å². The maximum atomic E-state index is 11.6. The highest BCUT2D eigenvalue weighted by molar-refractivity contribution is 6.42. The predicted octanol–water partition coefficient (Wildman–Crippen LogP) is 2.97. The zero-order valence-corrected chi connectivity index (χ0v) is 12.6. The molecule has 8 heteroatoms. The maximum Gasteiger partial charge on any atom is 0.408 e. The molecular weight excluding hydrogens is 321 g/mol. The largest absolute Gasteiger partial charge is 0.467 e. The van der Waals surface area contributed by atoms with Crippen LogP contribution in [0.3, 0.4) is 0 Å². The first kappa shape index (κ1) is 15.9. The number of carbonyl (C=O) groups is 2. The molecule has 1 fully saturated rings. The molecule has 1 aromatic carbocycles. The molecule has 0 aromatic heterocycles. The lowest BCUT2D eigenvalue weighted by molar-refractivity contribution is -0.116. The van der Waals surface area contributed by atoms with Crippen LogP contribution in [0.1, 0.15) is 18.0 Å². The average Bonchev–Trinajstić information content (AvgIpc) is 2.82. The summed E-state index contributed by atoms with van der Waals surface area (Å²) >= 11 is 12.2. The van der Waals surface area contributed by atoms with Crippen molar-refractivity contribution < 1.29 is 24.2 Å². The fourth-order valence-electron chi connectivity index (χ4n) is 2.26. The lowest BCUT2D eigenvalue weighted by Gasteiger charge is -2.24. The molecule has 0 spiro atoms. The van der Waals surface area contributed by atoms with Crippen LogP contribution in [0.15, 0.2) is 12.1 Å². The topological polar surface area (TPSA) is 76.1 Å². The predicted molar refractivity (Wildman–Crippen MR) is 76.1 cm³/mol. The fourth-order valence-corrected chi connectivity index (χ4v) is 2.70. The molecule has 1 aliphatic rings. The third-order valence-electron chi connectivity index (χ3n) is 3.15. The Kier molecular flexibility index (Phi) is 4.92. The molecule has 1 saturated heterocycles. The Bertz CT molecular complexity index is 578. The first-order valence-electron chi connectivity index (χ1n) is 6.06. The van der Waals surface area contributed by atoms with Crippen molar-refractivity contribution >= 4 is 35.1 Å². The zero-order chi connectivity index (χ0) is 15.6. The molecule has 1 heterocycles. The van der Waals surface area contributed by atoms with E-state index in [0.29, 0.717) is 11.3 Å². The molecule has 2 rings (SSSR count). The van der Waals surface area contributed by atoms with E-state index < -0.39 is 12.1 Å². The van der Waals surface area contributed by atoms with Gasteiger partial charge in [-0.1, -0.05) is 23.2 Å². The maximum absolute atomic E-state index is 11.6.